The van der Waals surface area contributed by atoms with E-state index in [-0.39, 0.29) is 17.9 Å². The molecule has 0 aliphatic heterocycles. The van der Waals surface area contributed by atoms with Crippen molar-refractivity contribution in [2.45, 2.75) is 45.1 Å². The van der Waals surface area contributed by atoms with E-state index < -0.39 is 0 Å². The van der Waals surface area contributed by atoms with Crippen LogP contribution in [-0.2, 0) is 4.79 Å². The summed E-state index contributed by atoms with van der Waals surface area (Å²) >= 11 is 0. The second-order valence-corrected chi connectivity index (χ2v) is 4.35. The number of carbonyl (C=O) groups is 1. The molecule has 2 unspecified atom stereocenters. The summed E-state index contributed by atoms with van der Waals surface area (Å²) in [5.74, 6) is -0.107. The van der Waals surface area contributed by atoms with Crippen LogP contribution in [0.5, 0.6) is 0 Å². The molecule has 1 rings (SSSR count). The molecule has 0 radical (unpaired) electrons. The third-order valence-electron chi connectivity index (χ3n) is 3.10. The highest BCUT2D eigenvalue weighted by atomic mass is 16.1. The van der Waals surface area contributed by atoms with Crippen molar-refractivity contribution in [3.63, 3.8) is 0 Å². The minimum atomic E-state index is -0.126. The molecule has 0 saturated heterocycles. The Labute approximate surface area is 109 Å². The quantitative estimate of drug-likeness (QED) is 0.836. The minimum Gasteiger partial charge on any atom is -0.352 e. The highest BCUT2D eigenvalue weighted by Gasteiger charge is 2.20. The van der Waals surface area contributed by atoms with Crippen molar-refractivity contribution in [1.82, 2.24) is 5.32 Å². The van der Waals surface area contributed by atoms with Crippen LogP contribution in [0.15, 0.2) is 30.3 Å². The Morgan fingerprint density at radius 1 is 1.28 bits per heavy atom. The SMILES string of the molecule is CCC(CC#N)NC(=O)C(CC)c1ccccc1. The van der Waals surface area contributed by atoms with Crippen molar-refractivity contribution < 1.29 is 4.79 Å². The predicted molar refractivity (Wildman–Crippen MR) is 71.9 cm³/mol. The molecule has 0 aromatic heterocycles. The maximum atomic E-state index is 12.2. The van der Waals surface area contributed by atoms with Gasteiger partial charge in [0.25, 0.3) is 0 Å². The zero-order valence-electron chi connectivity index (χ0n) is 11.0. The Balaban J connectivity index is 2.72. The number of nitriles is 1. The molecular weight excluding hydrogens is 224 g/mol. The molecule has 3 nitrogen and oxygen atoms in total. The number of hydrogen-bond acceptors (Lipinski definition) is 2. The van der Waals surface area contributed by atoms with Gasteiger partial charge >= 0.3 is 0 Å². The van der Waals surface area contributed by atoms with Gasteiger partial charge in [-0.3, -0.25) is 4.79 Å². The Kier molecular flexibility index (Phi) is 5.93. The van der Waals surface area contributed by atoms with Gasteiger partial charge in [-0.15, -0.1) is 0 Å². The fourth-order valence-electron chi connectivity index (χ4n) is 1.97. The van der Waals surface area contributed by atoms with Crippen LogP contribution in [0.2, 0.25) is 0 Å². The highest BCUT2D eigenvalue weighted by molar-refractivity contribution is 5.83. The first-order chi connectivity index (χ1) is 8.72. The van der Waals surface area contributed by atoms with Gasteiger partial charge in [-0.25, -0.2) is 0 Å². The minimum absolute atomic E-state index is 0.0193. The summed E-state index contributed by atoms with van der Waals surface area (Å²) < 4.78 is 0. The third kappa shape index (κ3) is 3.89. The molecule has 96 valence electrons. The third-order valence-corrected chi connectivity index (χ3v) is 3.10. The number of nitrogens with one attached hydrogen (secondary N) is 1. The number of benzene rings is 1. The summed E-state index contributed by atoms with van der Waals surface area (Å²) in [5.41, 5.74) is 1.03. The normalized spacial score (nSPS) is 13.4. The molecule has 0 spiro atoms. The molecule has 18 heavy (non-hydrogen) atoms. The van der Waals surface area contributed by atoms with E-state index in [9.17, 15) is 4.79 Å². The monoisotopic (exact) mass is 244 g/mol. The van der Waals surface area contributed by atoms with Crippen LogP contribution in [0.4, 0.5) is 0 Å². The summed E-state index contributed by atoms with van der Waals surface area (Å²) in [7, 11) is 0. The fraction of sp³-hybridized carbons (Fsp3) is 0.467. The van der Waals surface area contributed by atoms with Crippen molar-refractivity contribution in [1.29, 1.82) is 5.26 Å². The first kappa shape index (κ1) is 14.2. The van der Waals surface area contributed by atoms with E-state index in [0.717, 1.165) is 18.4 Å². The van der Waals surface area contributed by atoms with Crippen molar-refractivity contribution >= 4 is 5.91 Å². The molecule has 1 aromatic rings. The van der Waals surface area contributed by atoms with Gasteiger partial charge in [-0.05, 0) is 18.4 Å². The van der Waals surface area contributed by atoms with E-state index in [1.807, 2.05) is 44.2 Å². The van der Waals surface area contributed by atoms with Crippen LogP contribution in [-0.4, -0.2) is 11.9 Å². The number of amides is 1. The second kappa shape index (κ2) is 7.50. The molecule has 0 aliphatic rings. The molecule has 0 fully saturated rings. The molecule has 0 heterocycles. The first-order valence-electron chi connectivity index (χ1n) is 6.45. The lowest BCUT2D eigenvalue weighted by atomic mass is 9.95. The van der Waals surface area contributed by atoms with Crippen molar-refractivity contribution in [3.8, 4) is 6.07 Å². The van der Waals surface area contributed by atoms with E-state index in [4.69, 9.17) is 5.26 Å². The van der Waals surface area contributed by atoms with E-state index >= 15 is 0 Å². The van der Waals surface area contributed by atoms with Crippen molar-refractivity contribution in [3.05, 3.63) is 35.9 Å². The maximum absolute atomic E-state index is 12.2. The summed E-state index contributed by atoms with van der Waals surface area (Å²) in [6.45, 7) is 3.98. The maximum Gasteiger partial charge on any atom is 0.227 e. The average Bonchev–Trinajstić information content (AvgIpc) is 2.40. The summed E-state index contributed by atoms with van der Waals surface area (Å²) in [4.78, 5) is 12.2. The lowest BCUT2D eigenvalue weighted by Crippen LogP contribution is -2.37. The van der Waals surface area contributed by atoms with Crippen LogP contribution in [0.25, 0.3) is 0 Å². The molecule has 1 aromatic carbocycles. The van der Waals surface area contributed by atoms with Crippen LogP contribution < -0.4 is 5.32 Å². The number of hydrogen-bond donors (Lipinski definition) is 1. The van der Waals surface area contributed by atoms with Gasteiger partial charge < -0.3 is 5.32 Å². The molecule has 0 aliphatic carbocycles. The zero-order chi connectivity index (χ0) is 13.4. The van der Waals surface area contributed by atoms with Gasteiger partial charge in [0.15, 0.2) is 0 Å². The van der Waals surface area contributed by atoms with Gasteiger partial charge in [-0.1, -0.05) is 44.2 Å². The van der Waals surface area contributed by atoms with E-state index in [1.54, 1.807) is 0 Å². The summed E-state index contributed by atoms with van der Waals surface area (Å²) in [5, 5.41) is 11.6. The molecule has 3 heteroatoms. The van der Waals surface area contributed by atoms with Crippen molar-refractivity contribution in [2.75, 3.05) is 0 Å². The van der Waals surface area contributed by atoms with E-state index in [2.05, 4.69) is 11.4 Å². The van der Waals surface area contributed by atoms with Crippen molar-refractivity contribution in [2.24, 2.45) is 0 Å². The van der Waals surface area contributed by atoms with Crippen LogP contribution in [0.1, 0.15) is 44.6 Å². The Morgan fingerprint density at radius 3 is 2.44 bits per heavy atom. The standard InChI is InChI=1S/C15H20N2O/c1-3-13(10-11-16)17-15(18)14(4-2)12-8-6-5-7-9-12/h5-9,13-14H,3-4,10H2,1-2H3,(H,17,18). The Hall–Kier alpha value is -1.82. The molecule has 1 amide bonds. The lowest BCUT2D eigenvalue weighted by molar-refractivity contribution is -0.123. The topological polar surface area (TPSA) is 52.9 Å². The lowest BCUT2D eigenvalue weighted by Gasteiger charge is -2.19. The zero-order valence-corrected chi connectivity index (χ0v) is 11.0. The van der Waals surface area contributed by atoms with Gasteiger partial charge in [0.2, 0.25) is 5.91 Å². The Morgan fingerprint density at radius 2 is 1.94 bits per heavy atom. The summed E-state index contributed by atoms with van der Waals surface area (Å²) in [6, 6.07) is 11.8. The van der Waals surface area contributed by atoms with Gasteiger partial charge in [0.1, 0.15) is 0 Å². The largest absolute Gasteiger partial charge is 0.352 e. The van der Waals surface area contributed by atoms with Gasteiger partial charge in [-0.2, -0.15) is 5.26 Å². The van der Waals surface area contributed by atoms with Crippen LogP contribution >= 0.6 is 0 Å². The molecular formula is C15H20N2O. The first-order valence-corrected chi connectivity index (χ1v) is 6.45. The molecule has 2 atom stereocenters. The predicted octanol–water partition coefficient (Wildman–Crippen LogP) is 2.99. The highest BCUT2D eigenvalue weighted by Crippen LogP contribution is 2.19. The smallest absolute Gasteiger partial charge is 0.227 e. The van der Waals surface area contributed by atoms with Gasteiger partial charge in [0.05, 0.1) is 18.4 Å². The second-order valence-electron chi connectivity index (χ2n) is 4.35. The van der Waals surface area contributed by atoms with Crippen LogP contribution in [0.3, 0.4) is 0 Å². The fourth-order valence-corrected chi connectivity index (χ4v) is 1.97. The van der Waals surface area contributed by atoms with E-state index in [0.29, 0.717) is 6.42 Å². The Bertz CT molecular complexity index is 408. The average molecular weight is 244 g/mol. The summed E-state index contributed by atoms with van der Waals surface area (Å²) in [6.07, 6.45) is 1.91. The van der Waals surface area contributed by atoms with E-state index in [1.165, 1.54) is 0 Å². The van der Waals surface area contributed by atoms with Crippen LogP contribution in [0, 0.1) is 11.3 Å². The molecule has 0 saturated carbocycles. The van der Waals surface area contributed by atoms with Gasteiger partial charge in [0, 0.05) is 6.04 Å². The molecule has 1 N–H and O–H groups in total. The number of carbonyl (C=O) groups excluding carboxylic acids is 1. The number of rotatable bonds is 6. The molecule has 0 bridgehead atoms. The number of nitrogens with zero attached hydrogens (tertiary/aromatic N) is 1.